The van der Waals surface area contributed by atoms with Crippen molar-refractivity contribution in [1.29, 1.82) is 0 Å². The minimum absolute atomic E-state index is 0.0564. The molecule has 102 valence electrons. The molecule has 2 bridgehead atoms. The number of aliphatic hydroxyl groups excluding tert-OH is 1. The minimum Gasteiger partial charge on any atom is -0.459 e. The maximum Gasteiger partial charge on any atom is 0.303 e. The summed E-state index contributed by atoms with van der Waals surface area (Å²) < 4.78 is 5.67. The maximum atomic E-state index is 11.3. The molecule has 3 fully saturated rings. The summed E-state index contributed by atoms with van der Waals surface area (Å²) in [6.45, 7) is 3.65. The molecule has 6 atom stereocenters. The zero-order valence-electron chi connectivity index (χ0n) is 11.4. The van der Waals surface area contributed by atoms with Crippen molar-refractivity contribution in [2.45, 2.75) is 64.1 Å². The first-order valence-corrected chi connectivity index (χ1v) is 7.42. The quantitative estimate of drug-likeness (QED) is 0.768. The number of aliphatic hydroxyl groups is 1. The summed E-state index contributed by atoms with van der Waals surface area (Å²) in [7, 11) is 0. The Bertz CT molecular complexity index is 354. The molecule has 3 aliphatic carbocycles. The summed E-state index contributed by atoms with van der Waals surface area (Å²) in [6.07, 6.45) is 6.20. The summed E-state index contributed by atoms with van der Waals surface area (Å²) >= 11 is 0. The molecule has 3 heteroatoms. The van der Waals surface area contributed by atoms with E-state index in [1.807, 2.05) is 0 Å². The van der Waals surface area contributed by atoms with E-state index in [1.165, 1.54) is 13.3 Å². The highest BCUT2D eigenvalue weighted by atomic mass is 16.6. The van der Waals surface area contributed by atoms with Gasteiger partial charge in [-0.1, -0.05) is 6.92 Å². The molecular weight excluding hydrogens is 228 g/mol. The van der Waals surface area contributed by atoms with Crippen LogP contribution in [0.25, 0.3) is 0 Å². The Morgan fingerprint density at radius 3 is 2.78 bits per heavy atom. The van der Waals surface area contributed by atoms with Gasteiger partial charge < -0.3 is 9.84 Å². The first-order chi connectivity index (χ1) is 8.54. The number of carbonyl (C=O) groups excluding carboxylic acids is 1. The number of rotatable bonds is 2. The van der Waals surface area contributed by atoms with Crippen molar-refractivity contribution in [3.8, 4) is 0 Å². The molecule has 3 aliphatic rings. The average molecular weight is 252 g/mol. The fourth-order valence-corrected chi connectivity index (χ4v) is 5.06. The van der Waals surface area contributed by atoms with Crippen LogP contribution in [0.15, 0.2) is 0 Å². The molecule has 0 spiro atoms. The van der Waals surface area contributed by atoms with Crippen LogP contribution in [-0.4, -0.2) is 22.8 Å². The molecule has 0 aromatic carbocycles. The molecule has 0 aromatic rings. The number of carbonyl (C=O) groups is 1. The zero-order valence-corrected chi connectivity index (χ0v) is 11.4. The Kier molecular flexibility index (Phi) is 2.92. The molecule has 0 aliphatic heterocycles. The molecule has 18 heavy (non-hydrogen) atoms. The van der Waals surface area contributed by atoms with Crippen molar-refractivity contribution in [1.82, 2.24) is 0 Å². The summed E-state index contributed by atoms with van der Waals surface area (Å²) in [5.74, 6) is 2.45. The highest BCUT2D eigenvalue weighted by Crippen LogP contribution is 2.59. The number of hydrogen-bond donors (Lipinski definition) is 1. The molecule has 1 N–H and O–H groups in total. The van der Waals surface area contributed by atoms with E-state index < -0.39 is 0 Å². The lowest BCUT2D eigenvalue weighted by molar-refractivity contribution is -0.167. The Labute approximate surface area is 109 Å². The lowest BCUT2D eigenvalue weighted by Crippen LogP contribution is -2.45. The van der Waals surface area contributed by atoms with Gasteiger partial charge in [0.1, 0.15) is 5.60 Å². The SMILES string of the molecule is CCC1(OC(C)=O)CCC2C3CC(CC3O)C2C1. The number of hydrogen-bond acceptors (Lipinski definition) is 3. The average Bonchev–Trinajstić information content (AvgIpc) is 2.85. The summed E-state index contributed by atoms with van der Waals surface area (Å²) in [5, 5.41) is 10.0. The van der Waals surface area contributed by atoms with E-state index in [9.17, 15) is 9.90 Å². The smallest absolute Gasteiger partial charge is 0.303 e. The van der Waals surface area contributed by atoms with E-state index in [0.29, 0.717) is 23.7 Å². The Morgan fingerprint density at radius 2 is 2.11 bits per heavy atom. The molecule has 0 amide bonds. The van der Waals surface area contributed by atoms with Crippen molar-refractivity contribution in [3.05, 3.63) is 0 Å². The lowest BCUT2D eigenvalue weighted by Gasteiger charge is -2.46. The lowest BCUT2D eigenvalue weighted by atomic mass is 9.64. The Morgan fingerprint density at radius 1 is 1.33 bits per heavy atom. The van der Waals surface area contributed by atoms with E-state index in [0.717, 1.165) is 32.1 Å². The molecule has 0 saturated heterocycles. The van der Waals surface area contributed by atoms with Crippen LogP contribution in [0.3, 0.4) is 0 Å². The van der Waals surface area contributed by atoms with Crippen molar-refractivity contribution in [2.24, 2.45) is 23.7 Å². The largest absolute Gasteiger partial charge is 0.459 e. The van der Waals surface area contributed by atoms with E-state index in [4.69, 9.17) is 4.74 Å². The summed E-state index contributed by atoms with van der Waals surface area (Å²) in [5.41, 5.74) is -0.206. The normalized spacial score (nSPS) is 50.1. The second-order valence-electron chi connectivity index (χ2n) is 6.66. The summed E-state index contributed by atoms with van der Waals surface area (Å²) in [6, 6.07) is 0. The third-order valence-corrected chi connectivity index (χ3v) is 5.86. The highest BCUT2D eigenvalue weighted by molar-refractivity contribution is 5.66. The van der Waals surface area contributed by atoms with Crippen molar-refractivity contribution < 1.29 is 14.6 Å². The van der Waals surface area contributed by atoms with Crippen LogP contribution < -0.4 is 0 Å². The first-order valence-electron chi connectivity index (χ1n) is 7.42. The van der Waals surface area contributed by atoms with Crippen LogP contribution in [0, 0.1) is 23.7 Å². The molecule has 3 rings (SSSR count). The van der Waals surface area contributed by atoms with Crippen LogP contribution in [0.1, 0.15) is 52.4 Å². The molecule has 0 heterocycles. The van der Waals surface area contributed by atoms with E-state index >= 15 is 0 Å². The van der Waals surface area contributed by atoms with Crippen LogP contribution in [0.2, 0.25) is 0 Å². The van der Waals surface area contributed by atoms with Crippen LogP contribution in [0.5, 0.6) is 0 Å². The van der Waals surface area contributed by atoms with Crippen molar-refractivity contribution >= 4 is 5.97 Å². The van der Waals surface area contributed by atoms with Gasteiger partial charge in [-0.15, -0.1) is 0 Å². The predicted octanol–water partition coefficient (Wildman–Crippen LogP) is 2.52. The van der Waals surface area contributed by atoms with Crippen LogP contribution in [-0.2, 0) is 9.53 Å². The summed E-state index contributed by atoms with van der Waals surface area (Å²) in [4.78, 5) is 11.3. The maximum absolute atomic E-state index is 11.3. The Balaban J connectivity index is 1.76. The van der Waals surface area contributed by atoms with Gasteiger partial charge in [0.15, 0.2) is 0 Å². The van der Waals surface area contributed by atoms with Crippen molar-refractivity contribution in [2.75, 3.05) is 0 Å². The van der Waals surface area contributed by atoms with Gasteiger partial charge in [0.25, 0.3) is 0 Å². The third-order valence-electron chi connectivity index (χ3n) is 5.86. The molecule has 0 radical (unpaired) electrons. The number of esters is 1. The van der Waals surface area contributed by atoms with Gasteiger partial charge in [-0.3, -0.25) is 4.79 Å². The van der Waals surface area contributed by atoms with Crippen LogP contribution >= 0.6 is 0 Å². The number of fused-ring (bicyclic) bond motifs is 5. The second kappa shape index (κ2) is 4.22. The standard InChI is InChI=1S/C15H24O3/c1-3-15(18-9(2)16)5-4-11-12-6-10(7-14(12)17)13(11)8-15/h10-14,17H,3-8H2,1-2H3. The molecular formula is C15H24O3. The fourth-order valence-electron chi connectivity index (χ4n) is 5.06. The van der Waals surface area contributed by atoms with Gasteiger partial charge in [0.2, 0.25) is 0 Å². The molecule has 0 aromatic heterocycles. The monoisotopic (exact) mass is 252 g/mol. The number of ether oxygens (including phenoxy) is 1. The van der Waals surface area contributed by atoms with E-state index in [-0.39, 0.29) is 17.7 Å². The van der Waals surface area contributed by atoms with Crippen LogP contribution in [0.4, 0.5) is 0 Å². The van der Waals surface area contributed by atoms with Gasteiger partial charge in [0.05, 0.1) is 6.10 Å². The van der Waals surface area contributed by atoms with Gasteiger partial charge >= 0.3 is 5.97 Å². The molecule has 3 nitrogen and oxygen atoms in total. The second-order valence-corrected chi connectivity index (χ2v) is 6.66. The Hall–Kier alpha value is -0.570. The first kappa shape index (κ1) is 12.5. The zero-order chi connectivity index (χ0) is 12.9. The highest BCUT2D eigenvalue weighted by Gasteiger charge is 2.56. The molecule has 6 unspecified atom stereocenters. The van der Waals surface area contributed by atoms with E-state index in [2.05, 4.69) is 6.92 Å². The topological polar surface area (TPSA) is 46.5 Å². The molecule has 3 saturated carbocycles. The third kappa shape index (κ3) is 1.78. The van der Waals surface area contributed by atoms with Gasteiger partial charge in [-0.2, -0.15) is 0 Å². The van der Waals surface area contributed by atoms with Gasteiger partial charge in [-0.25, -0.2) is 0 Å². The minimum atomic E-state index is -0.206. The fraction of sp³-hybridized carbons (Fsp3) is 0.933. The van der Waals surface area contributed by atoms with Crippen molar-refractivity contribution in [3.63, 3.8) is 0 Å². The van der Waals surface area contributed by atoms with Gasteiger partial charge in [-0.05, 0) is 62.2 Å². The van der Waals surface area contributed by atoms with Gasteiger partial charge in [0, 0.05) is 6.92 Å². The van der Waals surface area contributed by atoms with E-state index in [1.54, 1.807) is 0 Å². The predicted molar refractivity (Wildman–Crippen MR) is 67.8 cm³/mol.